The zero-order valence-electron chi connectivity index (χ0n) is 14.6. The van der Waals surface area contributed by atoms with Crippen molar-refractivity contribution in [3.05, 3.63) is 50.3 Å². The summed E-state index contributed by atoms with van der Waals surface area (Å²) in [5.41, 5.74) is 0.448. The molecule has 8 heteroatoms. The van der Waals surface area contributed by atoms with Crippen LogP contribution in [0.1, 0.15) is 23.0 Å². The standard InChI is InChI=1S/C17H20BrN3O4/c1-5-25-16(23)13-14(24-4)15(22)21(3)17(19-13)20(2)10-11-8-6-7-9-12(11)18/h6-9H,5,10H2,1-4H3. The molecule has 0 radical (unpaired) electrons. The first-order valence-electron chi connectivity index (χ1n) is 7.67. The van der Waals surface area contributed by atoms with Gasteiger partial charge in [0.1, 0.15) is 0 Å². The summed E-state index contributed by atoms with van der Waals surface area (Å²) in [7, 11) is 4.70. The van der Waals surface area contributed by atoms with Crippen LogP contribution in [-0.4, -0.2) is 36.3 Å². The Balaban J connectivity index is 2.48. The molecule has 25 heavy (non-hydrogen) atoms. The molecule has 0 N–H and O–H groups in total. The molecule has 0 bridgehead atoms. The number of carbonyl (C=O) groups is 1. The molecule has 1 aromatic carbocycles. The second-order valence-corrected chi connectivity index (χ2v) is 6.18. The number of methoxy groups -OCH3 is 1. The lowest BCUT2D eigenvalue weighted by molar-refractivity contribution is 0.0514. The predicted molar refractivity (Wildman–Crippen MR) is 98.2 cm³/mol. The van der Waals surface area contributed by atoms with Crippen molar-refractivity contribution in [3.63, 3.8) is 0 Å². The third-order valence-electron chi connectivity index (χ3n) is 3.61. The first-order valence-corrected chi connectivity index (χ1v) is 8.46. The van der Waals surface area contributed by atoms with E-state index in [0.717, 1.165) is 10.0 Å². The molecule has 134 valence electrons. The van der Waals surface area contributed by atoms with E-state index in [1.54, 1.807) is 25.9 Å². The molecule has 7 nitrogen and oxygen atoms in total. The molecule has 0 unspecified atom stereocenters. The highest BCUT2D eigenvalue weighted by Crippen LogP contribution is 2.21. The van der Waals surface area contributed by atoms with Gasteiger partial charge < -0.3 is 14.4 Å². The highest BCUT2D eigenvalue weighted by molar-refractivity contribution is 9.10. The van der Waals surface area contributed by atoms with Crippen LogP contribution in [0.4, 0.5) is 5.95 Å². The number of esters is 1. The lowest BCUT2D eigenvalue weighted by Gasteiger charge is -2.22. The molecule has 2 rings (SSSR count). The third-order valence-corrected chi connectivity index (χ3v) is 4.38. The third kappa shape index (κ3) is 4.01. The molecule has 0 aliphatic heterocycles. The molecule has 0 amide bonds. The summed E-state index contributed by atoms with van der Waals surface area (Å²) in [5.74, 6) is -0.476. The molecule has 1 aromatic heterocycles. The van der Waals surface area contributed by atoms with E-state index in [1.807, 2.05) is 24.3 Å². The average molecular weight is 410 g/mol. The lowest BCUT2D eigenvalue weighted by Crippen LogP contribution is -2.31. The van der Waals surface area contributed by atoms with Crippen LogP contribution in [0.2, 0.25) is 0 Å². The molecular formula is C17H20BrN3O4. The highest BCUT2D eigenvalue weighted by atomic mass is 79.9. The number of rotatable bonds is 6. The summed E-state index contributed by atoms with van der Waals surface area (Å²) in [6, 6.07) is 7.76. The van der Waals surface area contributed by atoms with E-state index in [-0.39, 0.29) is 18.1 Å². The highest BCUT2D eigenvalue weighted by Gasteiger charge is 2.24. The number of carbonyl (C=O) groups excluding carboxylic acids is 1. The topological polar surface area (TPSA) is 73.7 Å². The zero-order valence-corrected chi connectivity index (χ0v) is 16.2. The van der Waals surface area contributed by atoms with Gasteiger partial charge in [0.15, 0.2) is 5.69 Å². The molecule has 2 aromatic rings. The zero-order chi connectivity index (χ0) is 18.6. The van der Waals surface area contributed by atoms with Gasteiger partial charge in [0, 0.05) is 25.1 Å². The predicted octanol–water partition coefficient (Wildman–Crippen LogP) is 2.36. The second-order valence-electron chi connectivity index (χ2n) is 5.33. The minimum atomic E-state index is -0.687. The van der Waals surface area contributed by atoms with Crippen LogP contribution in [0.15, 0.2) is 33.5 Å². The lowest BCUT2D eigenvalue weighted by atomic mass is 10.2. The van der Waals surface area contributed by atoms with Crippen molar-refractivity contribution < 1.29 is 14.3 Å². The SMILES string of the molecule is CCOC(=O)c1nc(N(C)Cc2ccccc2Br)n(C)c(=O)c1OC. The fourth-order valence-corrected chi connectivity index (χ4v) is 2.80. The van der Waals surface area contributed by atoms with E-state index in [0.29, 0.717) is 12.5 Å². The maximum absolute atomic E-state index is 12.5. The van der Waals surface area contributed by atoms with Crippen molar-refractivity contribution in [1.82, 2.24) is 9.55 Å². The Kier molecular flexibility index (Phi) is 6.19. The van der Waals surface area contributed by atoms with Gasteiger partial charge in [-0.05, 0) is 18.6 Å². The van der Waals surface area contributed by atoms with Crippen LogP contribution in [0, 0.1) is 0 Å². The largest absolute Gasteiger partial charge is 0.489 e. The van der Waals surface area contributed by atoms with E-state index in [9.17, 15) is 9.59 Å². The van der Waals surface area contributed by atoms with E-state index < -0.39 is 11.5 Å². The number of nitrogens with zero attached hydrogens (tertiary/aromatic N) is 3. The summed E-state index contributed by atoms with van der Waals surface area (Å²) >= 11 is 3.50. The number of anilines is 1. The molecule has 0 aliphatic carbocycles. The van der Waals surface area contributed by atoms with Crippen molar-refractivity contribution in [1.29, 1.82) is 0 Å². The van der Waals surface area contributed by atoms with Gasteiger partial charge in [-0.2, -0.15) is 0 Å². The van der Waals surface area contributed by atoms with Crippen LogP contribution in [-0.2, 0) is 18.3 Å². The van der Waals surface area contributed by atoms with E-state index >= 15 is 0 Å². The van der Waals surface area contributed by atoms with Gasteiger partial charge in [0.05, 0.1) is 13.7 Å². The molecule has 1 heterocycles. The van der Waals surface area contributed by atoms with E-state index in [2.05, 4.69) is 20.9 Å². The molecule has 0 aliphatic rings. The summed E-state index contributed by atoms with van der Waals surface area (Å²) in [6.07, 6.45) is 0. The van der Waals surface area contributed by atoms with E-state index in [4.69, 9.17) is 9.47 Å². The summed E-state index contributed by atoms with van der Waals surface area (Å²) < 4.78 is 12.4. The normalized spacial score (nSPS) is 10.4. The second kappa shape index (κ2) is 8.15. The Hall–Kier alpha value is -2.35. The smallest absolute Gasteiger partial charge is 0.361 e. The molecule has 0 atom stereocenters. The van der Waals surface area contributed by atoms with Gasteiger partial charge in [-0.1, -0.05) is 34.1 Å². The molecule has 0 spiro atoms. The Morgan fingerprint density at radius 2 is 2.04 bits per heavy atom. The van der Waals surface area contributed by atoms with Crippen LogP contribution >= 0.6 is 15.9 Å². The van der Waals surface area contributed by atoms with Crippen molar-refractivity contribution in [2.75, 3.05) is 25.7 Å². The molecule has 0 saturated heterocycles. The van der Waals surface area contributed by atoms with Crippen molar-refractivity contribution in [2.24, 2.45) is 7.05 Å². The summed E-state index contributed by atoms with van der Waals surface area (Å²) in [4.78, 5) is 30.8. The van der Waals surface area contributed by atoms with Crippen LogP contribution in [0.5, 0.6) is 5.75 Å². The first-order chi connectivity index (χ1) is 11.9. The number of hydrogen-bond donors (Lipinski definition) is 0. The maximum Gasteiger partial charge on any atom is 0.361 e. The minimum absolute atomic E-state index is 0.124. The minimum Gasteiger partial charge on any atom is -0.489 e. The number of benzene rings is 1. The Morgan fingerprint density at radius 3 is 2.64 bits per heavy atom. The van der Waals surface area contributed by atoms with Gasteiger partial charge in [-0.3, -0.25) is 9.36 Å². The maximum atomic E-state index is 12.5. The van der Waals surface area contributed by atoms with Gasteiger partial charge in [-0.15, -0.1) is 0 Å². The van der Waals surface area contributed by atoms with E-state index in [1.165, 1.54) is 11.7 Å². The van der Waals surface area contributed by atoms with Crippen molar-refractivity contribution >= 4 is 27.8 Å². The average Bonchev–Trinajstić information content (AvgIpc) is 2.59. The van der Waals surface area contributed by atoms with Gasteiger partial charge in [0.2, 0.25) is 11.7 Å². The van der Waals surface area contributed by atoms with Gasteiger partial charge in [0.25, 0.3) is 5.56 Å². The Labute approximate surface area is 154 Å². The summed E-state index contributed by atoms with van der Waals surface area (Å²) in [6.45, 7) is 2.36. The first kappa shape index (κ1) is 19.0. The summed E-state index contributed by atoms with van der Waals surface area (Å²) in [5, 5.41) is 0. The molecule has 0 fully saturated rings. The van der Waals surface area contributed by atoms with Gasteiger partial charge in [-0.25, -0.2) is 9.78 Å². The number of hydrogen-bond acceptors (Lipinski definition) is 6. The fraction of sp³-hybridized carbons (Fsp3) is 0.353. The number of ether oxygens (including phenoxy) is 2. The quantitative estimate of drug-likeness (QED) is 0.681. The fourth-order valence-electron chi connectivity index (χ4n) is 2.39. The van der Waals surface area contributed by atoms with Crippen molar-refractivity contribution in [2.45, 2.75) is 13.5 Å². The number of halogens is 1. The number of aromatic nitrogens is 2. The van der Waals surface area contributed by atoms with Crippen LogP contribution in [0.25, 0.3) is 0 Å². The molecule has 0 saturated carbocycles. The molecular weight excluding hydrogens is 390 g/mol. The Bertz CT molecular complexity index is 835. The monoisotopic (exact) mass is 409 g/mol. The Morgan fingerprint density at radius 1 is 1.36 bits per heavy atom. The van der Waals surface area contributed by atoms with Crippen molar-refractivity contribution in [3.8, 4) is 5.75 Å². The van der Waals surface area contributed by atoms with Crippen LogP contribution in [0.3, 0.4) is 0 Å². The van der Waals surface area contributed by atoms with Gasteiger partial charge >= 0.3 is 5.97 Å². The van der Waals surface area contributed by atoms with Crippen LogP contribution < -0.4 is 15.2 Å².